The number of benzene rings is 1. The predicted octanol–water partition coefficient (Wildman–Crippen LogP) is 2.84. The van der Waals surface area contributed by atoms with Crippen molar-refractivity contribution < 1.29 is 13.9 Å². The lowest BCUT2D eigenvalue weighted by molar-refractivity contribution is 0.0598. The van der Waals surface area contributed by atoms with Crippen molar-refractivity contribution in [1.29, 1.82) is 5.26 Å². The summed E-state index contributed by atoms with van der Waals surface area (Å²) >= 11 is 0. The van der Waals surface area contributed by atoms with Gasteiger partial charge in [0.25, 0.3) is 0 Å². The number of ether oxygens (including phenoxy) is 1. The third-order valence-corrected chi connectivity index (χ3v) is 2.92. The summed E-state index contributed by atoms with van der Waals surface area (Å²) in [5.74, 6) is 0.158. The maximum absolute atomic E-state index is 11.7. The van der Waals surface area contributed by atoms with Crippen molar-refractivity contribution in [2.45, 2.75) is 13.3 Å². The van der Waals surface area contributed by atoms with Gasteiger partial charge in [-0.25, -0.2) is 4.79 Å². The van der Waals surface area contributed by atoms with E-state index in [0.29, 0.717) is 23.3 Å². The van der Waals surface area contributed by atoms with E-state index < -0.39 is 5.97 Å². The standard InChI is InChI=1S/C15H13NO3/c1-10-14(15(17)18-2)13(9-19-10)7-11-3-5-12(8-16)6-4-11/h3-6,9H,7H2,1-2H3. The largest absolute Gasteiger partial charge is 0.468 e. The van der Waals surface area contributed by atoms with E-state index in [0.717, 1.165) is 11.1 Å². The number of hydrogen-bond donors (Lipinski definition) is 0. The molecule has 0 aliphatic rings. The van der Waals surface area contributed by atoms with Crippen LogP contribution in [0.25, 0.3) is 0 Å². The number of hydrogen-bond acceptors (Lipinski definition) is 4. The van der Waals surface area contributed by atoms with E-state index in [1.54, 1.807) is 25.3 Å². The second-order valence-electron chi connectivity index (χ2n) is 4.17. The lowest BCUT2D eigenvalue weighted by Crippen LogP contribution is -2.05. The number of carbonyl (C=O) groups excluding carboxylic acids is 1. The molecule has 2 rings (SSSR count). The van der Waals surface area contributed by atoms with Gasteiger partial charge >= 0.3 is 5.97 Å². The highest BCUT2D eigenvalue weighted by molar-refractivity contribution is 5.92. The lowest BCUT2D eigenvalue weighted by Gasteiger charge is -2.03. The molecule has 1 heterocycles. The molecule has 4 nitrogen and oxygen atoms in total. The Labute approximate surface area is 111 Å². The number of furan rings is 1. The molecule has 0 saturated heterocycles. The van der Waals surface area contributed by atoms with Crippen LogP contribution in [0.4, 0.5) is 0 Å². The van der Waals surface area contributed by atoms with E-state index in [1.165, 1.54) is 7.11 Å². The summed E-state index contributed by atoms with van der Waals surface area (Å²) in [6, 6.07) is 9.29. The van der Waals surface area contributed by atoms with Gasteiger partial charge in [-0.15, -0.1) is 0 Å². The van der Waals surface area contributed by atoms with E-state index >= 15 is 0 Å². The van der Waals surface area contributed by atoms with E-state index in [9.17, 15) is 4.79 Å². The number of nitriles is 1. The molecule has 1 aromatic heterocycles. The van der Waals surface area contributed by atoms with Crippen LogP contribution in [0.2, 0.25) is 0 Å². The van der Waals surface area contributed by atoms with Crippen LogP contribution in [0, 0.1) is 18.3 Å². The zero-order valence-corrected chi connectivity index (χ0v) is 10.8. The van der Waals surface area contributed by atoms with E-state index in [4.69, 9.17) is 14.4 Å². The highest BCUT2D eigenvalue weighted by atomic mass is 16.5. The molecule has 0 spiro atoms. The fourth-order valence-corrected chi connectivity index (χ4v) is 1.93. The van der Waals surface area contributed by atoms with E-state index in [1.807, 2.05) is 12.1 Å². The molecule has 4 heteroatoms. The number of methoxy groups -OCH3 is 1. The minimum absolute atomic E-state index is 0.394. The molecule has 0 N–H and O–H groups in total. The molecule has 96 valence electrons. The summed E-state index contributed by atoms with van der Waals surface area (Å²) in [6.45, 7) is 1.73. The fourth-order valence-electron chi connectivity index (χ4n) is 1.93. The SMILES string of the molecule is COC(=O)c1c(Cc2ccc(C#N)cc2)coc1C. The Kier molecular flexibility index (Phi) is 3.67. The Morgan fingerprint density at radius 2 is 2.05 bits per heavy atom. The lowest BCUT2D eigenvalue weighted by atomic mass is 10.0. The third kappa shape index (κ3) is 2.66. The van der Waals surface area contributed by atoms with Gasteiger partial charge in [-0.2, -0.15) is 5.26 Å². The maximum Gasteiger partial charge on any atom is 0.341 e. The molecule has 0 unspecified atom stereocenters. The number of aryl methyl sites for hydroxylation is 1. The average molecular weight is 255 g/mol. The van der Waals surface area contributed by atoms with Crippen molar-refractivity contribution >= 4 is 5.97 Å². The molecule has 0 radical (unpaired) electrons. The molecule has 0 aliphatic carbocycles. The highest BCUT2D eigenvalue weighted by Gasteiger charge is 2.18. The van der Waals surface area contributed by atoms with Crippen molar-refractivity contribution in [3.8, 4) is 6.07 Å². The predicted molar refractivity (Wildman–Crippen MR) is 68.7 cm³/mol. The van der Waals surface area contributed by atoms with Gasteiger partial charge < -0.3 is 9.15 Å². The van der Waals surface area contributed by atoms with Gasteiger partial charge in [0.15, 0.2) is 0 Å². The summed E-state index contributed by atoms with van der Waals surface area (Å²) in [4.78, 5) is 11.7. The topological polar surface area (TPSA) is 63.2 Å². The minimum Gasteiger partial charge on any atom is -0.468 e. The monoisotopic (exact) mass is 255 g/mol. The van der Waals surface area contributed by atoms with Crippen LogP contribution in [-0.2, 0) is 11.2 Å². The molecule has 0 fully saturated rings. The number of carbonyl (C=O) groups is 1. The van der Waals surface area contributed by atoms with Crippen molar-refractivity contribution in [1.82, 2.24) is 0 Å². The number of rotatable bonds is 3. The Hall–Kier alpha value is -2.54. The Morgan fingerprint density at radius 3 is 2.63 bits per heavy atom. The second kappa shape index (κ2) is 5.40. The van der Waals surface area contributed by atoms with Crippen LogP contribution in [0.15, 0.2) is 34.9 Å². The Morgan fingerprint density at radius 1 is 1.37 bits per heavy atom. The molecule has 19 heavy (non-hydrogen) atoms. The zero-order chi connectivity index (χ0) is 13.8. The molecule has 0 saturated carbocycles. The second-order valence-corrected chi connectivity index (χ2v) is 4.17. The van der Waals surface area contributed by atoms with Crippen LogP contribution in [0.5, 0.6) is 0 Å². The zero-order valence-electron chi connectivity index (χ0n) is 10.8. The van der Waals surface area contributed by atoms with E-state index in [-0.39, 0.29) is 0 Å². The fraction of sp³-hybridized carbons (Fsp3) is 0.200. The first kappa shape index (κ1) is 12.9. The number of nitrogens with zero attached hydrogens (tertiary/aromatic N) is 1. The first-order valence-corrected chi connectivity index (χ1v) is 5.80. The van der Waals surface area contributed by atoms with Crippen LogP contribution in [0.3, 0.4) is 0 Å². The Balaban J connectivity index is 2.28. The van der Waals surface area contributed by atoms with Gasteiger partial charge in [-0.05, 0) is 24.6 Å². The quantitative estimate of drug-likeness (QED) is 0.791. The van der Waals surface area contributed by atoms with Crippen molar-refractivity contribution in [3.63, 3.8) is 0 Å². The summed E-state index contributed by atoms with van der Waals surface area (Å²) in [7, 11) is 1.35. The molecule has 0 aliphatic heterocycles. The summed E-state index contributed by atoms with van der Waals surface area (Å²) in [5.41, 5.74) is 2.88. The smallest absolute Gasteiger partial charge is 0.341 e. The summed E-state index contributed by atoms with van der Waals surface area (Å²) in [6.07, 6.45) is 2.13. The van der Waals surface area contributed by atoms with Gasteiger partial charge in [-0.3, -0.25) is 0 Å². The van der Waals surface area contributed by atoms with Crippen LogP contribution < -0.4 is 0 Å². The average Bonchev–Trinajstić information content (AvgIpc) is 2.80. The van der Waals surface area contributed by atoms with Crippen LogP contribution >= 0.6 is 0 Å². The van der Waals surface area contributed by atoms with Gasteiger partial charge in [0.05, 0.1) is 25.0 Å². The van der Waals surface area contributed by atoms with Crippen molar-refractivity contribution in [2.75, 3.05) is 7.11 Å². The molecule has 0 bridgehead atoms. The summed E-state index contributed by atoms with van der Waals surface area (Å²) in [5, 5.41) is 8.74. The normalized spacial score (nSPS) is 9.95. The molecule has 2 aromatic rings. The van der Waals surface area contributed by atoms with Gasteiger partial charge in [0, 0.05) is 12.0 Å². The van der Waals surface area contributed by atoms with Gasteiger partial charge in [0.1, 0.15) is 11.3 Å². The van der Waals surface area contributed by atoms with E-state index in [2.05, 4.69) is 6.07 Å². The third-order valence-electron chi connectivity index (χ3n) is 2.92. The summed E-state index contributed by atoms with van der Waals surface area (Å²) < 4.78 is 10.0. The van der Waals surface area contributed by atoms with Crippen LogP contribution in [-0.4, -0.2) is 13.1 Å². The molecular weight excluding hydrogens is 242 g/mol. The molecule has 0 amide bonds. The molecule has 0 atom stereocenters. The first-order valence-electron chi connectivity index (χ1n) is 5.80. The van der Waals surface area contributed by atoms with Crippen molar-refractivity contribution in [3.05, 3.63) is 58.5 Å². The minimum atomic E-state index is -0.394. The van der Waals surface area contributed by atoms with Crippen LogP contribution in [0.1, 0.15) is 32.8 Å². The maximum atomic E-state index is 11.7. The molecular formula is C15H13NO3. The number of esters is 1. The van der Waals surface area contributed by atoms with Gasteiger partial charge in [-0.1, -0.05) is 12.1 Å². The Bertz CT molecular complexity index is 632. The molecule has 1 aromatic carbocycles. The first-order chi connectivity index (χ1) is 9.15. The van der Waals surface area contributed by atoms with Gasteiger partial charge in [0.2, 0.25) is 0 Å². The van der Waals surface area contributed by atoms with Crippen molar-refractivity contribution in [2.24, 2.45) is 0 Å². The highest BCUT2D eigenvalue weighted by Crippen LogP contribution is 2.21.